The highest BCUT2D eigenvalue weighted by atomic mass is 127. The molecule has 0 spiro atoms. The van der Waals surface area contributed by atoms with Gasteiger partial charge in [-0.2, -0.15) is 5.10 Å². The first-order valence-electron chi connectivity index (χ1n) is 8.86. The molecule has 27 heavy (non-hydrogen) atoms. The lowest BCUT2D eigenvalue weighted by atomic mass is 9.56. The van der Waals surface area contributed by atoms with Gasteiger partial charge in [-0.05, 0) is 25.0 Å². The molecule has 0 saturated heterocycles. The van der Waals surface area contributed by atoms with Crippen LogP contribution in [0.25, 0.3) is 11.4 Å². The third kappa shape index (κ3) is 4.26. The van der Waals surface area contributed by atoms with Crippen LogP contribution in [0.1, 0.15) is 32.8 Å². The molecule has 1 saturated carbocycles. The lowest BCUT2D eigenvalue weighted by Crippen LogP contribution is -2.69. The summed E-state index contributed by atoms with van der Waals surface area (Å²) >= 11 is 0. The van der Waals surface area contributed by atoms with E-state index >= 15 is 0 Å². The van der Waals surface area contributed by atoms with Crippen LogP contribution in [0.3, 0.4) is 0 Å². The molecule has 7 nitrogen and oxygen atoms in total. The van der Waals surface area contributed by atoms with Crippen LogP contribution in [0.2, 0.25) is 0 Å². The van der Waals surface area contributed by atoms with Gasteiger partial charge in [0.15, 0.2) is 11.8 Å². The number of hydrogen-bond donors (Lipinski definition) is 3. The predicted molar refractivity (Wildman–Crippen MR) is 118 cm³/mol. The second-order valence-corrected chi connectivity index (χ2v) is 7.52. The Hall–Kier alpha value is -1.68. The van der Waals surface area contributed by atoms with Crippen LogP contribution in [0.15, 0.2) is 35.6 Å². The van der Waals surface area contributed by atoms with E-state index in [0.717, 1.165) is 29.3 Å². The Bertz CT molecular complexity index is 776. The number of aromatic nitrogens is 3. The molecule has 1 aliphatic rings. The number of ether oxygens (including phenoxy) is 1. The van der Waals surface area contributed by atoms with Crippen molar-refractivity contribution in [3.8, 4) is 11.4 Å². The average Bonchev–Trinajstić information content (AvgIpc) is 3.19. The van der Waals surface area contributed by atoms with Crippen LogP contribution < -0.4 is 10.6 Å². The van der Waals surface area contributed by atoms with Gasteiger partial charge in [0, 0.05) is 37.7 Å². The molecule has 1 heterocycles. The van der Waals surface area contributed by atoms with Gasteiger partial charge in [0.2, 0.25) is 0 Å². The molecule has 148 valence electrons. The molecular formula is C19H29IN6O. The molecule has 0 amide bonds. The van der Waals surface area contributed by atoms with Gasteiger partial charge in [0.05, 0.1) is 5.60 Å². The van der Waals surface area contributed by atoms with Crippen molar-refractivity contribution < 1.29 is 4.74 Å². The van der Waals surface area contributed by atoms with Gasteiger partial charge in [0.1, 0.15) is 6.33 Å². The summed E-state index contributed by atoms with van der Waals surface area (Å²) in [5.74, 6) is 1.57. The zero-order valence-electron chi connectivity index (χ0n) is 16.5. The van der Waals surface area contributed by atoms with E-state index in [0.29, 0.717) is 12.6 Å². The van der Waals surface area contributed by atoms with Crippen LogP contribution in [-0.2, 0) is 11.3 Å². The lowest BCUT2D eigenvalue weighted by molar-refractivity contribution is -0.176. The van der Waals surface area contributed by atoms with E-state index in [-0.39, 0.29) is 35.0 Å². The monoisotopic (exact) mass is 484 g/mol. The Morgan fingerprint density at radius 3 is 2.74 bits per heavy atom. The number of rotatable bonds is 5. The molecule has 1 fully saturated rings. The second-order valence-electron chi connectivity index (χ2n) is 7.52. The molecule has 1 aromatic carbocycles. The fourth-order valence-electron chi connectivity index (χ4n) is 3.44. The lowest BCUT2D eigenvalue weighted by Gasteiger charge is -2.59. The SMILES string of the molecule is CN=C(NCc1cccc(-c2ncn[nH]2)c1)NC1CC(C)(OC)C1(C)C.I. The molecule has 3 N–H and O–H groups in total. The Labute approximate surface area is 177 Å². The number of nitrogens with one attached hydrogen (secondary N) is 3. The molecule has 1 aromatic heterocycles. The third-order valence-corrected chi connectivity index (χ3v) is 5.89. The summed E-state index contributed by atoms with van der Waals surface area (Å²) in [7, 11) is 3.58. The topological polar surface area (TPSA) is 87.2 Å². The standard InChI is InChI=1S/C19H28N6O.HI/c1-18(2)15(10-19(18,3)26-5)24-17(20-4)21-11-13-7-6-8-14(9-13)16-22-12-23-25-16;/h6-9,12,15H,10-11H2,1-5H3,(H2,20,21,24)(H,22,23,25);1H. The fraction of sp³-hybridized carbons (Fsp3) is 0.526. The summed E-state index contributed by atoms with van der Waals surface area (Å²) in [5.41, 5.74) is 2.10. The van der Waals surface area contributed by atoms with Crippen molar-refractivity contribution in [2.45, 2.75) is 45.4 Å². The van der Waals surface area contributed by atoms with Crippen molar-refractivity contribution >= 4 is 29.9 Å². The Morgan fingerprint density at radius 2 is 2.15 bits per heavy atom. The van der Waals surface area contributed by atoms with E-state index in [1.54, 1.807) is 14.2 Å². The van der Waals surface area contributed by atoms with E-state index in [1.165, 1.54) is 6.33 Å². The van der Waals surface area contributed by atoms with Crippen molar-refractivity contribution in [3.63, 3.8) is 0 Å². The molecule has 0 radical (unpaired) electrons. The Kier molecular flexibility index (Phi) is 6.85. The molecule has 2 atom stereocenters. The van der Waals surface area contributed by atoms with Crippen molar-refractivity contribution in [3.05, 3.63) is 36.2 Å². The zero-order valence-corrected chi connectivity index (χ0v) is 18.9. The first kappa shape index (κ1) is 21.6. The molecule has 8 heteroatoms. The maximum atomic E-state index is 5.70. The first-order chi connectivity index (χ1) is 12.4. The minimum Gasteiger partial charge on any atom is -0.378 e. The van der Waals surface area contributed by atoms with Crippen molar-refractivity contribution in [1.29, 1.82) is 0 Å². The van der Waals surface area contributed by atoms with Gasteiger partial charge in [-0.15, -0.1) is 24.0 Å². The van der Waals surface area contributed by atoms with Crippen molar-refractivity contribution in [2.24, 2.45) is 10.4 Å². The molecule has 0 bridgehead atoms. The molecule has 1 aliphatic carbocycles. The van der Waals surface area contributed by atoms with E-state index in [4.69, 9.17) is 4.74 Å². The van der Waals surface area contributed by atoms with Crippen LogP contribution >= 0.6 is 24.0 Å². The van der Waals surface area contributed by atoms with Gasteiger partial charge in [-0.3, -0.25) is 10.1 Å². The van der Waals surface area contributed by atoms with Crippen molar-refractivity contribution in [2.75, 3.05) is 14.2 Å². The van der Waals surface area contributed by atoms with Crippen molar-refractivity contribution in [1.82, 2.24) is 25.8 Å². The van der Waals surface area contributed by atoms with Crippen LogP contribution in [0.4, 0.5) is 0 Å². The number of aromatic amines is 1. The normalized spacial score (nSPS) is 23.9. The van der Waals surface area contributed by atoms with Gasteiger partial charge in [0.25, 0.3) is 0 Å². The summed E-state index contributed by atoms with van der Waals surface area (Å²) < 4.78 is 5.70. The smallest absolute Gasteiger partial charge is 0.191 e. The van der Waals surface area contributed by atoms with Crippen LogP contribution in [0, 0.1) is 5.41 Å². The number of methoxy groups -OCH3 is 1. The Balaban J connectivity index is 0.00000261. The van der Waals surface area contributed by atoms with Crippen LogP contribution in [0.5, 0.6) is 0 Å². The number of hydrogen-bond acceptors (Lipinski definition) is 4. The number of H-pyrrole nitrogens is 1. The summed E-state index contributed by atoms with van der Waals surface area (Å²) in [6.07, 6.45) is 2.47. The maximum absolute atomic E-state index is 5.70. The van der Waals surface area contributed by atoms with Gasteiger partial charge < -0.3 is 15.4 Å². The quantitative estimate of drug-likeness (QED) is 0.345. The summed E-state index contributed by atoms with van der Waals surface area (Å²) in [5, 5.41) is 13.7. The molecule has 0 aliphatic heterocycles. The number of halogens is 1. The van der Waals surface area contributed by atoms with Gasteiger partial charge >= 0.3 is 0 Å². The number of nitrogens with zero attached hydrogens (tertiary/aromatic N) is 3. The minimum atomic E-state index is -0.102. The molecule has 2 unspecified atom stereocenters. The van der Waals surface area contributed by atoms with E-state index in [9.17, 15) is 0 Å². The van der Waals surface area contributed by atoms with E-state index in [1.807, 2.05) is 12.1 Å². The highest BCUT2D eigenvalue weighted by Gasteiger charge is 2.58. The molecule has 2 aromatic rings. The minimum absolute atomic E-state index is 0. The molecule has 3 rings (SSSR count). The number of benzene rings is 1. The number of aliphatic imine (C=N–C) groups is 1. The number of guanidine groups is 1. The summed E-state index contributed by atoms with van der Waals surface area (Å²) in [6, 6.07) is 8.52. The maximum Gasteiger partial charge on any atom is 0.191 e. The first-order valence-corrected chi connectivity index (χ1v) is 8.86. The summed E-state index contributed by atoms with van der Waals surface area (Å²) in [6.45, 7) is 7.30. The van der Waals surface area contributed by atoms with E-state index < -0.39 is 0 Å². The summed E-state index contributed by atoms with van der Waals surface area (Å²) in [4.78, 5) is 8.56. The van der Waals surface area contributed by atoms with Gasteiger partial charge in [-0.1, -0.05) is 32.0 Å². The Morgan fingerprint density at radius 1 is 1.37 bits per heavy atom. The largest absolute Gasteiger partial charge is 0.378 e. The van der Waals surface area contributed by atoms with Crippen LogP contribution in [-0.4, -0.2) is 46.9 Å². The van der Waals surface area contributed by atoms with Gasteiger partial charge in [-0.25, -0.2) is 4.98 Å². The third-order valence-electron chi connectivity index (χ3n) is 5.89. The highest BCUT2D eigenvalue weighted by molar-refractivity contribution is 14.0. The fourth-order valence-corrected chi connectivity index (χ4v) is 3.44. The highest BCUT2D eigenvalue weighted by Crippen LogP contribution is 2.51. The average molecular weight is 484 g/mol. The molecular weight excluding hydrogens is 455 g/mol. The second kappa shape index (κ2) is 8.55. The van der Waals surface area contributed by atoms with E-state index in [2.05, 4.69) is 63.7 Å². The zero-order chi connectivity index (χ0) is 18.8. The predicted octanol–water partition coefficient (Wildman–Crippen LogP) is 2.96.